The van der Waals surface area contributed by atoms with Gasteiger partial charge in [0.1, 0.15) is 64.3 Å². The van der Waals surface area contributed by atoms with Gasteiger partial charge in [-0.2, -0.15) is 0 Å². The van der Waals surface area contributed by atoms with Crippen molar-refractivity contribution in [1.82, 2.24) is 21.5 Å². The number of nitrogens with zero attached hydrogens (tertiary/aromatic N) is 7. The smallest absolute Gasteiger partial charge is 0.334 e. The van der Waals surface area contributed by atoms with Crippen LogP contribution in [0, 0.1) is 10.1 Å². The second-order valence-electron chi connectivity index (χ2n) is 25.4. The van der Waals surface area contributed by atoms with Crippen LogP contribution in [0.25, 0.3) is 0 Å². The zero-order valence-corrected chi connectivity index (χ0v) is 73.0. The highest BCUT2D eigenvalue weighted by Crippen LogP contribution is 2.41. The van der Waals surface area contributed by atoms with Gasteiger partial charge in [0.05, 0.1) is 117 Å². The summed E-state index contributed by atoms with van der Waals surface area (Å²) >= 11 is 3.23. The standard InChI is InChI=1S/C17H16N2O4S.C16H13N3O5S.C12H14N2O4S.C11H11BrN2O4S.2C11H12N2O4S/c1-23-17(20)11-16-18-14-9-5-6-10-15(14)24(21,22)19(16)12-13-7-3-2-4-8-13;1-11(20)9-16-17-14-8-7-13(19(21)22)10-15(14)25(23,24)18(16)12-5-3-2-4-6-12;1-3-18-12(15)8-11-13-9-6-4-5-7-10(9)19(16,17)14(11)2;1-14-10(6-11(15)18-2)13-8-4-3-7(12)5-9(8)19(14,16)17;2*1-13-10(7-11(14)17-2)12-8-5-3-4-6-9(8)18(13,15)16/h2-11,18H,12H2,1H3;2-10,17H,1H3;4-8,13H,3H2,1-2H3;3-6,13H,1-2H3;2*3-7,12H,1-2H3/b16-11-;16-9-;11-8-;10-6-;2*10-7-. The van der Waals surface area contributed by atoms with Gasteiger partial charge in [0.25, 0.3) is 65.8 Å². The molecular formula is C78H78BrN13O25S6. The summed E-state index contributed by atoms with van der Waals surface area (Å²) in [5.74, 6) is -2.63. The number of rotatable bonds is 11. The molecule has 6 N–H and O–H groups in total. The van der Waals surface area contributed by atoms with Gasteiger partial charge in [-0.3, -0.25) is 32.1 Å². The number of halogens is 1. The molecule has 0 saturated carbocycles. The van der Waals surface area contributed by atoms with E-state index in [1.165, 1.54) is 110 Å². The number of nitro benzene ring substituents is 1. The Kier molecular flexibility index (Phi) is 29.8. The van der Waals surface area contributed by atoms with Crippen molar-refractivity contribution in [3.8, 4) is 0 Å². The Morgan fingerprint density at radius 3 is 1.06 bits per heavy atom. The number of hydrogen-bond donors (Lipinski definition) is 6. The maximum absolute atomic E-state index is 13.1. The van der Waals surface area contributed by atoms with Gasteiger partial charge in [-0.15, -0.1) is 0 Å². The molecule has 0 bridgehead atoms. The summed E-state index contributed by atoms with van der Waals surface area (Å²) in [6.07, 6.45) is 6.69. The molecule has 0 aromatic heterocycles. The molecule has 38 nitrogen and oxygen atoms in total. The molecule has 6 aliphatic heterocycles. The summed E-state index contributed by atoms with van der Waals surface area (Å²) < 4.78 is 180. The van der Waals surface area contributed by atoms with E-state index in [-0.39, 0.29) is 94.6 Å². The fourth-order valence-corrected chi connectivity index (χ4v) is 20.3. The van der Waals surface area contributed by atoms with E-state index in [2.05, 4.69) is 66.8 Å². The zero-order chi connectivity index (χ0) is 90.3. The van der Waals surface area contributed by atoms with Crippen LogP contribution in [0.15, 0.2) is 299 Å². The van der Waals surface area contributed by atoms with Crippen LogP contribution in [0.5, 0.6) is 0 Å². The van der Waals surface area contributed by atoms with Crippen molar-refractivity contribution in [1.29, 1.82) is 0 Å². The number of benzene rings is 8. The summed E-state index contributed by atoms with van der Waals surface area (Å²) in [5, 5.41) is 28.4. The van der Waals surface area contributed by atoms with Crippen LogP contribution in [-0.4, -0.2) is 176 Å². The molecule has 0 atom stereocenters. The van der Waals surface area contributed by atoms with E-state index in [0.717, 1.165) is 69.6 Å². The number of nitrogens with one attached hydrogen (secondary N) is 6. The Balaban J connectivity index is 0.000000168. The minimum absolute atomic E-state index is 0.0556. The van der Waals surface area contributed by atoms with Gasteiger partial charge in [0.2, 0.25) is 0 Å². The lowest BCUT2D eigenvalue weighted by molar-refractivity contribution is -0.385. The Labute approximate surface area is 716 Å². The van der Waals surface area contributed by atoms with Crippen molar-refractivity contribution in [2.75, 3.05) is 99.4 Å². The second-order valence-corrected chi connectivity index (χ2v) is 37.7. The molecule has 6 heterocycles. The molecule has 6 aliphatic rings. The molecule has 8 aromatic rings. The van der Waals surface area contributed by atoms with Crippen LogP contribution >= 0.6 is 15.9 Å². The molecule has 0 fully saturated rings. The Morgan fingerprint density at radius 2 is 0.683 bits per heavy atom. The Hall–Kier alpha value is -13.6. The number of esters is 5. The van der Waals surface area contributed by atoms with E-state index in [0.29, 0.717) is 38.6 Å². The molecule has 123 heavy (non-hydrogen) atoms. The molecule has 0 saturated heterocycles. The number of sulfonamides is 6. The Bertz CT molecular complexity index is 6310. The Morgan fingerprint density at radius 1 is 0.374 bits per heavy atom. The summed E-state index contributed by atoms with van der Waals surface area (Å²) in [6, 6.07) is 51.7. The number of nitro groups is 1. The first-order valence-corrected chi connectivity index (χ1v) is 45.0. The van der Waals surface area contributed by atoms with Gasteiger partial charge >= 0.3 is 29.8 Å². The topological polar surface area (TPSA) is 488 Å². The van der Waals surface area contributed by atoms with Crippen molar-refractivity contribution < 1.29 is 108 Å². The number of ether oxygens (including phenoxy) is 5. The average Bonchev–Trinajstić information content (AvgIpc) is 0.738. The van der Waals surface area contributed by atoms with Gasteiger partial charge in [0, 0.05) is 50.9 Å². The lowest BCUT2D eigenvalue weighted by Gasteiger charge is -2.33. The largest absolute Gasteiger partial charge is 0.466 e. The number of hydrogen-bond acceptors (Lipinski definition) is 31. The fraction of sp³-hybridized carbons (Fsp3) is 0.154. The molecule has 45 heteroatoms. The lowest BCUT2D eigenvalue weighted by Crippen LogP contribution is -2.38. The highest BCUT2D eigenvalue weighted by Gasteiger charge is 2.40. The van der Waals surface area contributed by atoms with E-state index in [4.69, 9.17) is 4.74 Å². The maximum Gasteiger partial charge on any atom is 0.334 e. The van der Waals surface area contributed by atoms with Gasteiger partial charge in [-0.05, 0) is 104 Å². The first-order valence-electron chi connectivity index (χ1n) is 35.6. The molecule has 0 aliphatic carbocycles. The third kappa shape index (κ3) is 21.4. The van der Waals surface area contributed by atoms with E-state index >= 15 is 0 Å². The lowest BCUT2D eigenvalue weighted by atomic mass is 10.2. The van der Waals surface area contributed by atoms with Crippen molar-refractivity contribution in [3.63, 3.8) is 0 Å². The highest BCUT2D eigenvalue weighted by molar-refractivity contribution is 9.10. The molecule has 8 aromatic carbocycles. The second kappa shape index (κ2) is 39.3. The number of non-ortho nitro benzene ring substituents is 1. The van der Waals surface area contributed by atoms with Crippen LogP contribution in [0.4, 0.5) is 45.5 Å². The average molecular weight is 1870 g/mol. The van der Waals surface area contributed by atoms with Crippen LogP contribution < -0.4 is 36.2 Å². The minimum Gasteiger partial charge on any atom is -0.466 e. The number of anilines is 7. The number of carbonyl (C=O) groups is 6. The highest BCUT2D eigenvalue weighted by atomic mass is 79.9. The molecule has 0 radical (unpaired) electrons. The van der Waals surface area contributed by atoms with Crippen molar-refractivity contribution in [2.24, 2.45) is 0 Å². The number of para-hydroxylation sites is 5. The quantitative estimate of drug-likeness (QED) is 0.0231. The van der Waals surface area contributed by atoms with Crippen molar-refractivity contribution >= 4 is 157 Å². The number of carbonyl (C=O) groups excluding carboxylic acids is 6. The SMILES string of the molecule is CC(=O)/C=C1/Nc2ccc([N+](=O)[O-])cc2S(=O)(=O)N1c1ccccc1.CCOC(=O)/C=C1/Nc2ccccc2S(=O)(=O)N1C.COC(=O)/C=C1/Nc2ccc(Br)cc2S(=O)(=O)N1C.COC(=O)/C=C1/Nc2ccccc2S(=O)(=O)N1C.COC(=O)/C=C1/Nc2ccccc2S(=O)(=O)N1C.COC(=O)/C=C1/Nc2ccccc2S(=O)(=O)N1Cc1ccccc1. The van der Waals surface area contributed by atoms with Crippen molar-refractivity contribution in [2.45, 2.75) is 49.8 Å². The number of ketones is 1. The minimum atomic E-state index is -4.14. The van der Waals surface area contributed by atoms with Gasteiger partial charge in [-0.1, -0.05) is 113 Å². The maximum atomic E-state index is 13.1. The van der Waals surface area contributed by atoms with Crippen LogP contribution in [-0.2, 0) is 119 Å². The predicted octanol–water partition coefficient (Wildman–Crippen LogP) is 9.10. The number of methoxy groups -OCH3 is 4. The summed E-state index contributed by atoms with van der Waals surface area (Å²) in [7, 11) is -12.1. The van der Waals surface area contributed by atoms with E-state index < -0.39 is 94.9 Å². The molecular weight excluding hydrogens is 1790 g/mol. The third-order valence-electron chi connectivity index (χ3n) is 17.6. The molecule has 0 spiro atoms. The third-order valence-corrected chi connectivity index (χ3v) is 29.0. The normalized spacial score (nSPS) is 18.1. The zero-order valence-electron chi connectivity index (χ0n) is 66.5. The van der Waals surface area contributed by atoms with E-state index in [1.54, 1.807) is 122 Å². The molecule has 648 valence electrons. The van der Waals surface area contributed by atoms with Gasteiger partial charge in [0.15, 0.2) is 5.78 Å². The fourth-order valence-electron chi connectivity index (χ4n) is 11.4. The van der Waals surface area contributed by atoms with Gasteiger partial charge < -0.3 is 55.6 Å². The summed E-state index contributed by atoms with van der Waals surface area (Å²) in [4.78, 5) is 79.1. The van der Waals surface area contributed by atoms with Crippen LogP contribution in [0.2, 0.25) is 0 Å². The van der Waals surface area contributed by atoms with Crippen molar-refractivity contribution in [3.05, 3.63) is 286 Å². The first kappa shape index (κ1) is 93.3. The summed E-state index contributed by atoms with van der Waals surface area (Å²) in [5.41, 5.74) is 3.10. The predicted molar refractivity (Wildman–Crippen MR) is 454 cm³/mol. The first-order chi connectivity index (χ1) is 58.1. The molecule has 0 unspecified atom stereocenters. The van der Waals surface area contributed by atoms with E-state index in [1.807, 2.05) is 30.3 Å². The monoisotopic (exact) mass is 1870 g/mol. The van der Waals surface area contributed by atoms with E-state index in [9.17, 15) is 89.4 Å². The molecule has 14 rings (SSSR count). The summed E-state index contributed by atoms with van der Waals surface area (Å²) in [6.45, 7) is 3.32. The number of allylic oxidation sites excluding steroid dienone is 1. The van der Waals surface area contributed by atoms with Gasteiger partial charge in [-0.25, -0.2) is 83.1 Å². The number of fused-ring (bicyclic) bond motifs is 6. The van der Waals surface area contributed by atoms with Crippen LogP contribution in [0.1, 0.15) is 19.4 Å². The molecule has 0 amide bonds. The van der Waals surface area contributed by atoms with Crippen LogP contribution in [0.3, 0.4) is 0 Å².